The third-order valence-electron chi connectivity index (χ3n) is 5.63. The predicted molar refractivity (Wildman–Crippen MR) is 119 cm³/mol. The largest absolute Gasteiger partial charge is 0.497 e. The lowest BCUT2D eigenvalue weighted by Gasteiger charge is -2.33. The summed E-state index contributed by atoms with van der Waals surface area (Å²) in [5, 5.41) is 0. The van der Waals surface area contributed by atoms with E-state index in [0.717, 1.165) is 16.9 Å². The van der Waals surface area contributed by atoms with E-state index in [1.807, 2.05) is 37.3 Å². The van der Waals surface area contributed by atoms with E-state index in [2.05, 4.69) is 0 Å². The maximum absolute atomic E-state index is 13.3. The number of carbonyl (C=O) groups is 1. The van der Waals surface area contributed by atoms with Gasteiger partial charge in [0.1, 0.15) is 16.4 Å². The van der Waals surface area contributed by atoms with Gasteiger partial charge in [0.15, 0.2) is 0 Å². The van der Waals surface area contributed by atoms with E-state index in [-0.39, 0.29) is 23.3 Å². The zero-order valence-electron chi connectivity index (χ0n) is 18.5. The fourth-order valence-corrected chi connectivity index (χ4v) is 5.65. The molecule has 0 unspecified atom stereocenters. The molecule has 0 saturated carbocycles. The summed E-state index contributed by atoms with van der Waals surface area (Å²) in [6.07, 6.45) is 1.31. The molecule has 8 heteroatoms. The van der Waals surface area contributed by atoms with Crippen molar-refractivity contribution in [3.05, 3.63) is 53.6 Å². The molecule has 3 rings (SSSR count). The van der Waals surface area contributed by atoms with Gasteiger partial charge in [0.2, 0.25) is 15.9 Å². The number of aryl methyl sites for hydroxylation is 1. The average molecular weight is 447 g/mol. The van der Waals surface area contributed by atoms with Gasteiger partial charge in [-0.3, -0.25) is 4.79 Å². The number of piperidine rings is 1. The minimum Gasteiger partial charge on any atom is -0.497 e. The fraction of sp³-hybridized carbons (Fsp3) is 0.435. The molecule has 168 valence electrons. The Hall–Kier alpha value is -2.58. The smallest absolute Gasteiger partial charge is 0.246 e. The molecule has 0 N–H and O–H groups in total. The van der Waals surface area contributed by atoms with Gasteiger partial charge in [0.05, 0.1) is 20.1 Å². The highest BCUT2D eigenvalue weighted by Crippen LogP contribution is 2.31. The number of rotatable bonds is 7. The van der Waals surface area contributed by atoms with Crippen LogP contribution in [0.2, 0.25) is 0 Å². The lowest BCUT2D eigenvalue weighted by atomic mass is 9.98. The van der Waals surface area contributed by atoms with E-state index >= 15 is 0 Å². The number of amides is 1. The lowest BCUT2D eigenvalue weighted by molar-refractivity contribution is -0.135. The number of hydrogen-bond donors (Lipinski definition) is 0. The SMILES string of the molecule is COc1ccc(CN(C)C(=O)[C@@H]2CCCN(S(=O)(=O)c3cc(C)ccc3OC)C2)cc1. The molecule has 1 atom stereocenters. The molecule has 1 amide bonds. The molecule has 0 spiro atoms. The van der Waals surface area contributed by atoms with Crippen LogP contribution >= 0.6 is 0 Å². The molecule has 2 aromatic rings. The molecule has 1 saturated heterocycles. The minimum atomic E-state index is -3.76. The highest BCUT2D eigenvalue weighted by molar-refractivity contribution is 7.89. The number of methoxy groups -OCH3 is 2. The molecule has 0 aromatic heterocycles. The molecule has 1 aliphatic rings. The first kappa shape index (κ1) is 23.1. The Bertz CT molecular complexity index is 1020. The van der Waals surface area contributed by atoms with Crippen molar-refractivity contribution in [3.8, 4) is 11.5 Å². The van der Waals surface area contributed by atoms with Crippen molar-refractivity contribution in [2.24, 2.45) is 5.92 Å². The van der Waals surface area contributed by atoms with Gasteiger partial charge in [-0.15, -0.1) is 0 Å². The van der Waals surface area contributed by atoms with Gasteiger partial charge in [0.25, 0.3) is 0 Å². The van der Waals surface area contributed by atoms with E-state index in [1.54, 1.807) is 31.2 Å². The van der Waals surface area contributed by atoms with Crippen molar-refractivity contribution in [2.75, 3.05) is 34.4 Å². The van der Waals surface area contributed by atoms with Crippen LogP contribution in [0.15, 0.2) is 47.4 Å². The molecule has 2 aromatic carbocycles. The number of sulfonamides is 1. The Morgan fingerprint density at radius 1 is 1.13 bits per heavy atom. The normalized spacial score (nSPS) is 17.2. The first-order chi connectivity index (χ1) is 14.8. The van der Waals surface area contributed by atoms with Crippen molar-refractivity contribution >= 4 is 15.9 Å². The van der Waals surface area contributed by atoms with E-state index in [9.17, 15) is 13.2 Å². The highest BCUT2D eigenvalue weighted by Gasteiger charge is 2.35. The Morgan fingerprint density at radius 2 is 1.84 bits per heavy atom. The van der Waals surface area contributed by atoms with Crippen LogP contribution in [0.25, 0.3) is 0 Å². The maximum atomic E-state index is 13.3. The summed E-state index contributed by atoms with van der Waals surface area (Å²) < 4.78 is 38.5. The summed E-state index contributed by atoms with van der Waals surface area (Å²) in [7, 11) is 1.06. The zero-order chi connectivity index (χ0) is 22.6. The number of nitrogens with zero attached hydrogens (tertiary/aromatic N) is 2. The minimum absolute atomic E-state index is 0.0491. The Kier molecular flexibility index (Phi) is 7.23. The monoisotopic (exact) mass is 446 g/mol. The molecule has 31 heavy (non-hydrogen) atoms. The molecule has 1 heterocycles. The summed E-state index contributed by atoms with van der Waals surface area (Å²) >= 11 is 0. The second-order valence-electron chi connectivity index (χ2n) is 7.90. The molecule has 1 fully saturated rings. The van der Waals surface area contributed by atoms with E-state index in [4.69, 9.17) is 9.47 Å². The standard InChI is InChI=1S/C23H30N2O5S/c1-17-7-12-21(30-4)22(14-17)31(27,28)25-13-5-6-19(16-25)23(26)24(2)15-18-8-10-20(29-3)11-9-18/h7-12,14,19H,5-6,13,15-16H2,1-4H3/t19-/m1/s1. The van der Waals surface area contributed by atoms with Crippen molar-refractivity contribution in [1.29, 1.82) is 0 Å². The lowest BCUT2D eigenvalue weighted by Crippen LogP contribution is -2.45. The quantitative estimate of drug-likeness (QED) is 0.653. The molecule has 0 aliphatic carbocycles. The van der Waals surface area contributed by atoms with Crippen LogP contribution < -0.4 is 9.47 Å². The molecular weight excluding hydrogens is 416 g/mol. The Labute approximate surface area is 184 Å². The number of ether oxygens (including phenoxy) is 2. The fourth-order valence-electron chi connectivity index (χ4n) is 3.88. The van der Waals surface area contributed by atoms with Crippen LogP contribution in [-0.2, 0) is 21.4 Å². The third-order valence-corrected chi connectivity index (χ3v) is 7.51. The molecular formula is C23H30N2O5S. The van der Waals surface area contributed by atoms with Crippen molar-refractivity contribution in [1.82, 2.24) is 9.21 Å². The first-order valence-electron chi connectivity index (χ1n) is 10.3. The van der Waals surface area contributed by atoms with Gasteiger partial charge < -0.3 is 14.4 Å². The van der Waals surface area contributed by atoms with Crippen LogP contribution in [0.1, 0.15) is 24.0 Å². The van der Waals surface area contributed by atoms with Crippen LogP contribution in [0.4, 0.5) is 0 Å². The van der Waals surface area contributed by atoms with Crippen molar-refractivity contribution < 1.29 is 22.7 Å². The van der Waals surface area contributed by atoms with Crippen LogP contribution in [0, 0.1) is 12.8 Å². The van der Waals surface area contributed by atoms with E-state index < -0.39 is 10.0 Å². The van der Waals surface area contributed by atoms with Crippen molar-refractivity contribution in [2.45, 2.75) is 31.2 Å². The van der Waals surface area contributed by atoms with Crippen LogP contribution in [0.3, 0.4) is 0 Å². The summed E-state index contributed by atoms with van der Waals surface area (Å²) in [6, 6.07) is 12.7. The Morgan fingerprint density at radius 3 is 2.48 bits per heavy atom. The zero-order valence-corrected chi connectivity index (χ0v) is 19.3. The first-order valence-corrected chi connectivity index (χ1v) is 11.7. The highest BCUT2D eigenvalue weighted by atomic mass is 32.2. The van der Waals surface area contributed by atoms with Gasteiger partial charge in [-0.25, -0.2) is 8.42 Å². The van der Waals surface area contributed by atoms with Gasteiger partial charge >= 0.3 is 0 Å². The van der Waals surface area contributed by atoms with Gasteiger partial charge in [-0.1, -0.05) is 18.2 Å². The summed E-state index contributed by atoms with van der Waals surface area (Å²) in [6.45, 7) is 2.86. The van der Waals surface area contributed by atoms with E-state index in [1.165, 1.54) is 11.4 Å². The Balaban J connectivity index is 1.73. The van der Waals surface area contributed by atoms with Gasteiger partial charge in [-0.05, 0) is 55.2 Å². The molecule has 0 radical (unpaired) electrons. The van der Waals surface area contributed by atoms with Crippen LogP contribution in [0.5, 0.6) is 11.5 Å². The summed E-state index contributed by atoms with van der Waals surface area (Å²) in [5.74, 6) is 0.655. The van der Waals surface area contributed by atoms with Gasteiger partial charge in [0, 0.05) is 26.7 Å². The second kappa shape index (κ2) is 9.70. The average Bonchev–Trinajstić information content (AvgIpc) is 2.79. The second-order valence-corrected chi connectivity index (χ2v) is 9.81. The molecule has 1 aliphatic heterocycles. The molecule has 7 nitrogen and oxygen atoms in total. The summed E-state index contributed by atoms with van der Waals surface area (Å²) in [5.41, 5.74) is 1.82. The third kappa shape index (κ3) is 5.19. The topological polar surface area (TPSA) is 76.2 Å². The van der Waals surface area contributed by atoms with Crippen LogP contribution in [-0.4, -0.2) is 57.9 Å². The summed E-state index contributed by atoms with van der Waals surface area (Å²) in [4.78, 5) is 14.9. The van der Waals surface area contributed by atoms with Crippen molar-refractivity contribution in [3.63, 3.8) is 0 Å². The number of carbonyl (C=O) groups excluding carboxylic acids is 1. The number of hydrogen-bond acceptors (Lipinski definition) is 5. The van der Waals surface area contributed by atoms with Gasteiger partial charge in [-0.2, -0.15) is 4.31 Å². The molecule has 0 bridgehead atoms. The predicted octanol–water partition coefficient (Wildman–Crippen LogP) is 3.07. The number of benzene rings is 2. The van der Waals surface area contributed by atoms with E-state index in [0.29, 0.717) is 31.7 Å². The maximum Gasteiger partial charge on any atom is 0.246 e.